The van der Waals surface area contributed by atoms with Crippen molar-refractivity contribution in [2.24, 2.45) is 0 Å². The Kier molecular flexibility index (Phi) is 4.86. The zero-order valence-corrected chi connectivity index (χ0v) is 11.2. The third-order valence-electron chi connectivity index (χ3n) is 2.70. The van der Waals surface area contributed by atoms with Gasteiger partial charge in [0.2, 0.25) is 0 Å². The first-order valence-corrected chi connectivity index (χ1v) is 6.27. The minimum atomic E-state index is -0.722. The van der Waals surface area contributed by atoms with Gasteiger partial charge in [-0.2, -0.15) is 5.10 Å². The molecule has 6 nitrogen and oxygen atoms in total. The van der Waals surface area contributed by atoms with Crippen LogP contribution in [0, 0.1) is 0 Å². The fraction of sp³-hybridized carbons (Fsp3) is 0.286. The number of benzene rings is 1. The van der Waals surface area contributed by atoms with Gasteiger partial charge in [-0.1, -0.05) is 18.2 Å². The average molecular weight is 275 g/mol. The maximum absolute atomic E-state index is 11.9. The van der Waals surface area contributed by atoms with Gasteiger partial charge in [0.05, 0.1) is 18.4 Å². The molecule has 0 saturated carbocycles. The maximum Gasteiger partial charge on any atom is 0.271 e. The number of hydrogen-bond acceptors (Lipinski definition) is 4. The molecule has 0 aliphatic heterocycles. The van der Waals surface area contributed by atoms with Crippen LogP contribution in [-0.2, 0) is 4.74 Å². The van der Waals surface area contributed by atoms with Crippen LogP contribution < -0.4 is 5.32 Å². The summed E-state index contributed by atoms with van der Waals surface area (Å²) in [5.41, 5.74) is 1.18. The van der Waals surface area contributed by atoms with Crippen molar-refractivity contribution in [3.05, 3.63) is 48.3 Å². The summed E-state index contributed by atoms with van der Waals surface area (Å²) in [7, 11) is 1.49. The summed E-state index contributed by atoms with van der Waals surface area (Å²) in [6.45, 7) is 0.309. The van der Waals surface area contributed by atoms with E-state index < -0.39 is 6.10 Å². The zero-order chi connectivity index (χ0) is 14.4. The second kappa shape index (κ2) is 6.83. The summed E-state index contributed by atoms with van der Waals surface area (Å²) in [5.74, 6) is -0.324. The van der Waals surface area contributed by atoms with Crippen LogP contribution in [0.25, 0.3) is 5.69 Å². The summed E-state index contributed by atoms with van der Waals surface area (Å²) >= 11 is 0. The molecule has 1 aromatic carbocycles. The van der Waals surface area contributed by atoms with Crippen LogP contribution in [0.5, 0.6) is 0 Å². The molecule has 0 aliphatic rings. The van der Waals surface area contributed by atoms with Crippen molar-refractivity contribution in [1.29, 1.82) is 0 Å². The second-order valence-electron chi connectivity index (χ2n) is 4.30. The van der Waals surface area contributed by atoms with Gasteiger partial charge in [-0.25, -0.2) is 4.68 Å². The van der Waals surface area contributed by atoms with Crippen LogP contribution >= 0.6 is 0 Å². The minimum absolute atomic E-state index is 0.130. The first-order chi connectivity index (χ1) is 9.70. The lowest BCUT2D eigenvalue weighted by molar-refractivity contribution is 0.0608. The molecule has 0 aliphatic carbocycles. The fourth-order valence-electron chi connectivity index (χ4n) is 1.72. The molecule has 0 bridgehead atoms. The molecule has 0 spiro atoms. The highest BCUT2D eigenvalue weighted by Crippen LogP contribution is 2.06. The predicted molar refractivity (Wildman–Crippen MR) is 73.8 cm³/mol. The molecule has 0 fully saturated rings. The molecule has 106 valence electrons. The maximum atomic E-state index is 11.9. The molecule has 20 heavy (non-hydrogen) atoms. The highest BCUT2D eigenvalue weighted by molar-refractivity contribution is 5.92. The van der Waals surface area contributed by atoms with Gasteiger partial charge in [0.1, 0.15) is 0 Å². The number of carbonyl (C=O) groups is 1. The lowest BCUT2D eigenvalue weighted by Gasteiger charge is -2.09. The summed E-state index contributed by atoms with van der Waals surface area (Å²) in [5, 5.41) is 16.3. The molecule has 0 radical (unpaired) electrons. The van der Waals surface area contributed by atoms with E-state index in [2.05, 4.69) is 10.4 Å². The van der Waals surface area contributed by atoms with Crippen molar-refractivity contribution in [3.8, 4) is 5.69 Å². The highest BCUT2D eigenvalue weighted by Gasteiger charge is 2.11. The third-order valence-corrected chi connectivity index (χ3v) is 2.70. The number of rotatable bonds is 6. The van der Waals surface area contributed by atoms with Crippen molar-refractivity contribution in [3.63, 3.8) is 0 Å². The number of hydrogen-bond donors (Lipinski definition) is 2. The Morgan fingerprint density at radius 1 is 1.40 bits per heavy atom. The Morgan fingerprint density at radius 2 is 2.15 bits per heavy atom. The lowest BCUT2D eigenvalue weighted by Crippen LogP contribution is -2.34. The number of amides is 1. The molecule has 1 unspecified atom stereocenters. The fourth-order valence-corrected chi connectivity index (χ4v) is 1.72. The van der Waals surface area contributed by atoms with Gasteiger partial charge in [-0.15, -0.1) is 0 Å². The molecule has 0 saturated heterocycles. The van der Waals surface area contributed by atoms with Gasteiger partial charge in [0, 0.05) is 19.9 Å². The van der Waals surface area contributed by atoms with Crippen LogP contribution in [0.15, 0.2) is 42.6 Å². The van der Waals surface area contributed by atoms with Crippen molar-refractivity contribution in [2.45, 2.75) is 6.10 Å². The predicted octanol–water partition coefficient (Wildman–Crippen LogP) is 0.609. The third kappa shape index (κ3) is 3.66. The monoisotopic (exact) mass is 275 g/mol. The number of carbonyl (C=O) groups excluding carboxylic acids is 1. The zero-order valence-electron chi connectivity index (χ0n) is 11.2. The Hall–Kier alpha value is -2.18. The molecular weight excluding hydrogens is 258 g/mol. The molecule has 2 N–H and O–H groups in total. The van der Waals surface area contributed by atoms with Crippen LogP contribution in [-0.4, -0.2) is 47.2 Å². The normalized spacial score (nSPS) is 12.1. The average Bonchev–Trinajstić information content (AvgIpc) is 2.96. The van der Waals surface area contributed by atoms with E-state index in [1.807, 2.05) is 30.3 Å². The van der Waals surface area contributed by atoms with E-state index in [-0.39, 0.29) is 19.1 Å². The molecule has 2 rings (SSSR count). The van der Waals surface area contributed by atoms with Gasteiger partial charge in [0.15, 0.2) is 5.69 Å². The van der Waals surface area contributed by atoms with Gasteiger partial charge in [0.25, 0.3) is 5.91 Å². The number of nitrogens with one attached hydrogen (secondary N) is 1. The summed E-state index contributed by atoms with van der Waals surface area (Å²) < 4.78 is 6.41. The summed E-state index contributed by atoms with van der Waals surface area (Å²) in [4.78, 5) is 11.9. The van der Waals surface area contributed by atoms with Crippen molar-refractivity contribution < 1.29 is 14.6 Å². The lowest BCUT2D eigenvalue weighted by atomic mass is 10.3. The summed E-state index contributed by atoms with van der Waals surface area (Å²) in [6.07, 6.45) is 0.996. The van der Waals surface area contributed by atoms with Crippen LogP contribution in [0.4, 0.5) is 0 Å². The molecule has 1 aromatic heterocycles. The van der Waals surface area contributed by atoms with Gasteiger partial charge < -0.3 is 15.2 Å². The second-order valence-corrected chi connectivity index (χ2v) is 4.30. The number of aliphatic hydroxyl groups excluding tert-OH is 1. The molecule has 6 heteroatoms. The number of nitrogens with zero attached hydrogens (tertiary/aromatic N) is 2. The molecule has 1 heterocycles. The Balaban J connectivity index is 1.97. The van der Waals surface area contributed by atoms with E-state index in [0.29, 0.717) is 5.69 Å². The SMILES string of the molecule is COCC(O)CNC(=O)c1ccn(-c2ccccc2)n1. The molecule has 1 atom stereocenters. The highest BCUT2D eigenvalue weighted by atomic mass is 16.5. The van der Waals surface area contributed by atoms with E-state index in [1.54, 1.807) is 16.9 Å². The van der Waals surface area contributed by atoms with Crippen LogP contribution in [0.2, 0.25) is 0 Å². The van der Waals surface area contributed by atoms with Crippen LogP contribution in [0.1, 0.15) is 10.5 Å². The van der Waals surface area contributed by atoms with Crippen LogP contribution in [0.3, 0.4) is 0 Å². The topological polar surface area (TPSA) is 76.4 Å². The number of para-hydroxylation sites is 1. The number of methoxy groups -OCH3 is 1. The van der Waals surface area contributed by atoms with E-state index in [1.165, 1.54) is 7.11 Å². The van der Waals surface area contributed by atoms with Gasteiger partial charge >= 0.3 is 0 Å². The number of aliphatic hydroxyl groups is 1. The van der Waals surface area contributed by atoms with Gasteiger partial charge in [-0.3, -0.25) is 4.79 Å². The largest absolute Gasteiger partial charge is 0.389 e. The number of aromatic nitrogens is 2. The molecule has 2 aromatic rings. The smallest absolute Gasteiger partial charge is 0.271 e. The quantitative estimate of drug-likeness (QED) is 0.810. The standard InChI is InChI=1S/C14H17N3O3/c1-20-10-12(18)9-15-14(19)13-7-8-17(16-13)11-5-3-2-4-6-11/h2-8,12,18H,9-10H2,1H3,(H,15,19). The molecule has 1 amide bonds. The summed E-state index contributed by atoms with van der Waals surface area (Å²) in [6, 6.07) is 11.1. The molecular formula is C14H17N3O3. The Labute approximate surface area is 117 Å². The minimum Gasteiger partial charge on any atom is -0.389 e. The first-order valence-electron chi connectivity index (χ1n) is 6.27. The Bertz CT molecular complexity index is 554. The van der Waals surface area contributed by atoms with Crippen molar-refractivity contribution >= 4 is 5.91 Å². The first kappa shape index (κ1) is 14.2. The Morgan fingerprint density at radius 3 is 2.85 bits per heavy atom. The van der Waals surface area contributed by atoms with Crippen molar-refractivity contribution in [1.82, 2.24) is 15.1 Å². The van der Waals surface area contributed by atoms with Gasteiger partial charge in [-0.05, 0) is 18.2 Å². The number of ether oxygens (including phenoxy) is 1. The van der Waals surface area contributed by atoms with E-state index in [9.17, 15) is 9.90 Å². The van der Waals surface area contributed by atoms with E-state index in [0.717, 1.165) is 5.69 Å². The van der Waals surface area contributed by atoms with Crippen molar-refractivity contribution in [2.75, 3.05) is 20.3 Å². The van der Waals surface area contributed by atoms with E-state index in [4.69, 9.17) is 4.74 Å². The van der Waals surface area contributed by atoms with E-state index >= 15 is 0 Å².